The Morgan fingerprint density at radius 3 is 2.38 bits per heavy atom. The summed E-state index contributed by atoms with van der Waals surface area (Å²) < 4.78 is 33.6. The third-order valence-corrected chi connectivity index (χ3v) is 7.55. The van der Waals surface area contributed by atoms with Gasteiger partial charge in [0.2, 0.25) is 0 Å². The van der Waals surface area contributed by atoms with Crippen LogP contribution in [0, 0.1) is 0 Å². The van der Waals surface area contributed by atoms with E-state index in [0.717, 1.165) is 37.7 Å². The number of carbonyl (C=O) groups excluding carboxylic acids is 2. The molecule has 3 rings (SSSR count). The van der Waals surface area contributed by atoms with Gasteiger partial charge in [-0.25, -0.2) is 13.4 Å². The number of anilines is 1. The summed E-state index contributed by atoms with van der Waals surface area (Å²) in [6, 6.07) is 19.4. The van der Waals surface area contributed by atoms with Crippen LogP contribution in [0.4, 0.5) is 5.82 Å². The van der Waals surface area contributed by atoms with Crippen LogP contribution in [-0.4, -0.2) is 55.2 Å². The fraction of sp³-hybridized carbons (Fsp3) is 0.296. The first-order valence-electron chi connectivity index (χ1n) is 11.8. The summed E-state index contributed by atoms with van der Waals surface area (Å²) in [5.41, 5.74) is 1.59. The van der Waals surface area contributed by atoms with E-state index in [1.54, 1.807) is 12.1 Å². The second-order valence-corrected chi connectivity index (χ2v) is 11.3. The molecule has 196 valence electrons. The third kappa shape index (κ3) is 9.64. The van der Waals surface area contributed by atoms with Gasteiger partial charge in [-0.2, -0.15) is 0 Å². The number of sulfonamides is 1. The minimum absolute atomic E-state index is 0.0157. The molecule has 37 heavy (non-hydrogen) atoms. The Balaban J connectivity index is 1.42. The number of unbranched alkanes of at least 4 members (excludes halogenated alkanes) is 1. The van der Waals surface area contributed by atoms with Crippen molar-refractivity contribution in [2.24, 2.45) is 0 Å². The van der Waals surface area contributed by atoms with E-state index in [0.29, 0.717) is 17.9 Å². The van der Waals surface area contributed by atoms with E-state index in [1.807, 2.05) is 18.2 Å². The topological polar surface area (TPSA) is 106 Å². The van der Waals surface area contributed by atoms with E-state index >= 15 is 0 Å². The quantitative estimate of drug-likeness (QED) is 0.233. The molecule has 2 aromatic carbocycles. The van der Waals surface area contributed by atoms with E-state index in [2.05, 4.69) is 33.8 Å². The number of thioether (sulfide) groups is 1. The molecule has 0 saturated carbocycles. The predicted molar refractivity (Wildman–Crippen MR) is 146 cm³/mol. The first-order valence-corrected chi connectivity index (χ1v) is 14.3. The molecule has 0 aliphatic heterocycles. The van der Waals surface area contributed by atoms with Crippen molar-refractivity contribution in [3.8, 4) is 5.75 Å². The number of hydrogen-bond acceptors (Lipinski definition) is 8. The molecule has 1 heterocycles. The van der Waals surface area contributed by atoms with Crippen LogP contribution in [0.1, 0.15) is 35.7 Å². The summed E-state index contributed by atoms with van der Waals surface area (Å²) in [7, 11) is -1.76. The Hall–Kier alpha value is -3.21. The Morgan fingerprint density at radius 2 is 1.73 bits per heavy atom. The van der Waals surface area contributed by atoms with Gasteiger partial charge in [0, 0.05) is 25.2 Å². The molecule has 0 spiro atoms. The maximum Gasteiger partial charge on any atom is 0.263 e. The lowest BCUT2D eigenvalue weighted by Crippen LogP contribution is -2.19. The molecule has 0 fully saturated rings. The van der Waals surface area contributed by atoms with E-state index < -0.39 is 10.0 Å². The third-order valence-electron chi connectivity index (χ3n) is 5.36. The molecule has 0 bridgehead atoms. The lowest BCUT2D eigenvalue weighted by molar-refractivity contribution is -0.109. The number of pyridine rings is 1. The normalized spacial score (nSPS) is 11.3. The molecule has 0 aliphatic carbocycles. The highest BCUT2D eigenvalue weighted by Gasteiger charge is 2.16. The van der Waals surface area contributed by atoms with Gasteiger partial charge in [-0.1, -0.05) is 42.1 Å². The Bertz CT molecular complexity index is 1270. The van der Waals surface area contributed by atoms with Gasteiger partial charge >= 0.3 is 0 Å². The van der Waals surface area contributed by atoms with Gasteiger partial charge < -0.3 is 9.64 Å². The molecular formula is C27H31N3O5S2. The zero-order valence-electron chi connectivity index (χ0n) is 20.9. The molecule has 0 unspecified atom stereocenters. The smallest absolute Gasteiger partial charge is 0.263 e. The lowest BCUT2D eigenvalue weighted by atomic mass is 10.2. The van der Waals surface area contributed by atoms with Crippen LogP contribution in [0.2, 0.25) is 0 Å². The highest BCUT2D eigenvalue weighted by Crippen LogP contribution is 2.19. The van der Waals surface area contributed by atoms with Gasteiger partial charge in [0.1, 0.15) is 11.6 Å². The van der Waals surface area contributed by atoms with Gasteiger partial charge in [-0.05, 0) is 68.4 Å². The van der Waals surface area contributed by atoms with Crippen LogP contribution in [0.15, 0.2) is 77.8 Å². The van der Waals surface area contributed by atoms with E-state index in [-0.39, 0.29) is 27.4 Å². The average molecular weight is 542 g/mol. The van der Waals surface area contributed by atoms with Crippen LogP contribution in [0.3, 0.4) is 0 Å². The summed E-state index contributed by atoms with van der Waals surface area (Å²) in [4.78, 5) is 29.4. The van der Waals surface area contributed by atoms with Crippen LogP contribution in [-0.2, 0) is 21.4 Å². The van der Waals surface area contributed by atoms with Gasteiger partial charge in [-0.3, -0.25) is 14.3 Å². The molecule has 0 amide bonds. The molecule has 1 N–H and O–H groups in total. The molecule has 0 radical (unpaired) electrons. The maximum absolute atomic E-state index is 12.7. The molecule has 0 atom stereocenters. The predicted octanol–water partition coefficient (Wildman–Crippen LogP) is 4.64. The molecule has 1 aromatic heterocycles. The molecule has 3 aromatic rings. The van der Waals surface area contributed by atoms with Crippen LogP contribution >= 0.6 is 11.8 Å². The zero-order valence-corrected chi connectivity index (χ0v) is 22.6. The van der Waals surface area contributed by atoms with Crippen molar-refractivity contribution in [3.63, 3.8) is 0 Å². The number of nitrogens with zero attached hydrogens (tertiary/aromatic N) is 2. The summed E-state index contributed by atoms with van der Waals surface area (Å²) in [5, 5.41) is -0.149. The highest BCUT2D eigenvalue weighted by atomic mass is 32.2. The maximum atomic E-state index is 12.7. The van der Waals surface area contributed by atoms with Crippen LogP contribution in [0.25, 0.3) is 0 Å². The molecule has 0 saturated heterocycles. The lowest BCUT2D eigenvalue weighted by Gasteiger charge is -2.16. The molecule has 8 nitrogen and oxygen atoms in total. The average Bonchev–Trinajstić information content (AvgIpc) is 2.88. The number of Topliss-reactive ketones (excluding diaryl/α,β-unsaturated/α-hetero) is 1. The van der Waals surface area contributed by atoms with Crippen molar-refractivity contribution in [3.05, 3.63) is 84.1 Å². The minimum Gasteiger partial charge on any atom is -0.494 e. The van der Waals surface area contributed by atoms with Crippen molar-refractivity contribution in [1.29, 1.82) is 0 Å². The van der Waals surface area contributed by atoms with Gasteiger partial charge in [0.25, 0.3) is 10.0 Å². The Labute approximate surface area is 222 Å². The van der Waals surface area contributed by atoms with Crippen molar-refractivity contribution in [2.75, 3.05) is 30.7 Å². The minimum atomic E-state index is -3.86. The molecular weight excluding hydrogens is 510 g/mol. The van der Waals surface area contributed by atoms with E-state index in [4.69, 9.17) is 4.74 Å². The number of rotatable bonds is 14. The van der Waals surface area contributed by atoms with Gasteiger partial charge in [0.05, 0.1) is 17.3 Å². The van der Waals surface area contributed by atoms with Crippen molar-refractivity contribution in [1.82, 2.24) is 9.88 Å². The highest BCUT2D eigenvalue weighted by molar-refractivity contribution is 8.14. The number of nitrogens with one attached hydrogen (secondary N) is 1. The molecule has 0 aliphatic rings. The zero-order chi connectivity index (χ0) is 26.7. The van der Waals surface area contributed by atoms with Gasteiger partial charge in [0.15, 0.2) is 10.9 Å². The van der Waals surface area contributed by atoms with E-state index in [1.165, 1.54) is 42.9 Å². The number of aromatic nitrogens is 1. The summed E-state index contributed by atoms with van der Waals surface area (Å²) in [6.07, 6.45) is 3.17. The number of carbonyl (C=O) groups is 2. The summed E-state index contributed by atoms with van der Waals surface area (Å²) in [5.74, 6) is 0.452. The van der Waals surface area contributed by atoms with Crippen molar-refractivity contribution >= 4 is 38.5 Å². The number of benzene rings is 2. The molecule has 10 heteroatoms. The second-order valence-electron chi connectivity index (χ2n) is 8.49. The fourth-order valence-corrected chi connectivity index (χ4v) is 4.94. The fourth-order valence-electron chi connectivity index (χ4n) is 3.43. The number of hydrogen-bond donors (Lipinski definition) is 1. The van der Waals surface area contributed by atoms with Crippen molar-refractivity contribution in [2.45, 2.75) is 31.2 Å². The van der Waals surface area contributed by atoms with Gasteiger partial charge in [-0.15, -0.1) is 0 Å². The Kier molecular flexibility index (Phi) is 10.7. The first-order chi connectivity index (χ1) is 17.7. The standard InChI is InChI=1S/C27H31N3O5S2/c1-21(31)36-20-26(32)23-10-15-27(28-18-23)29-37(33,34)25-13-11-24(12-14-25)35-17-7-6-16-30(2)19-22-8-4-3-5-9-22/h3-5,8-15,18H,6-7,16-17,19-20H2,1-2H3,(H,28,29). The second kappa shape index (κ2) is 13.9. The summed E-state index contributed by atoms with van der Waals surface area (Å²) >= 11 is 0.915. The van der Waals surface area contributed by atoms with E-state index in [9.17, 15) is 18.0 Å². The number of ketones is 1. The first kappa shape index (κ1) is 28.4. The Morgan fingerprint density at radius 1 is 1.00 bits per heavy atom. The number of ether oxygens (including phenoxy) is 1. The monoisotopic (exact) mass is 541 g/mol. The summed E-state index contributed by atoms with van der Waals surface area (Å²) in [6.45, 7) is 3.80. The van der Waals surface area contributed by atoms with Crippen molar-refractivity contribution < 1.29 is 22.7 Å². The van der Waals surface area contributed by atoms with Crippen LogP contribution < -0.4 is 9.46 Å². The SMILES string of the molecule is CC(=O)SCC(=O)c1ccc(NS(=O)(=O)c2ccc(OCCCCN(C)Cc3ccccc3)cc2)nc1. The largest absolute Gasteiger partial charge is 0.494 e. The van der Waals surface area contributed by atoms with Crippen LogP contribution in [0.5, 0.6) is 5.75 Å².